The summed E-state index contributed by atoms with van der Waals surface area (Å²) in [5.41, 5.74) is 0. The first-order valence-electron chi connectivity index (χ1n) is 4.61. The normalized spacial score (nSPS) is 10.5. The molecule has 0 bridgehead atoms. The van der Waals surface area contributed by atoms with E-state index in [0.717, 1.165) is 38.4 Å². The predicted molar refractivity (Wildman–Crippen MR) is 51.4 cm³/mol. The number of nitrogens with one attached hydrogen (secondary N) is 2. The summed E-state index contributed by atoms with van der Waals surface area (Å²) in [5, 5.41) is 3.30. The van der Waals surface area contributed by atoms with Crippen LogP contribution < -0.4 is 5.32 Å². The van der Waals surface area contributed by atoms with Crippen LogP contribution in [-0.4, -0.2) is 30.2 Å². The molecule has 0 fully saturated rings. The third-order valence-electron chi connectivity index (χ3n) is 1.80. The minimum absolute atomic E-state index is 0.819. The van der Waals surface area contributed by atoms with Crippen LogP contribution in [0.15, 0.2) is 12.4 Å². The predicted octanol–water partition coefficient (Wildman–Crippen LogP) is 0.926. The molecular formula is C9H17N3O. The number of aromatic amines is 1. The van der Waals surface area contributed by atoms with Crippen molar-refractivity contribution in [2.45, 2.75) is 19.4 Å². The van der Waals surface area contributed by atoms with E-state index in [1.165, 1.54) is 0 Å². The zero-order valence-electron chi connectivity index (χ0n) is 8.05. The second-order valence-electron chi connectivity index (χ2n) is 2.91. The van der Waals surface area contributed by atoms with Crippen LogP contribution in [0.2, 0.25) is 0 Å². The number of unbranched alkanes of at least 4 members (excludes halogenated alkanes) is 1. The molecule has 0 aliphatic carbocycles. The summed E-state index contributed by atoms with van der Waals surface area (Å²) in [6.45, 7) is 2.69. The Kier molecular flexibility index (Phi) is 5.20. The van der Waals surface area contributed by atoms with Crippen molar-refractivity contribution in [3.63, 3.8) is 0 Å². The third kappa shape index (κ3) is 4.65. The van der Waals surface area contributed by atoms with Crippen molar-refractivity contribution < 1.29 is 4.74 Å². The van der Waals surface area contributed by atoms with Crippen molar-refractivity contribution in [3.05, 3.63) is 18.2 Å². The van der Waals surface area contributed by atoms with E-state index in [9.17, 15) is 0 Å². The molecular weight excluding hydrogens is 166 g/mol. The van der Waals surface area contributed by atoms with E-state index in [4.69, 9.17) is 4.74 Å². The Balaban J connectivity index is 1.90. The van der Waals surface area contributed by atoms with Crippen LogP contribution >= 0.6 is 0 Å². The fourth-order valence-electron chi connectivity index (χ4n) is 1.10. The first-order chi connectivity index (χ1) is 6.43. The van der Waals surface area contributed by atoms with Gasteiger partial charge in [-0.2, -0.15) is 0 Å². The molecule has 1 aromatic rings. The highest BCUT2D eigenvalue weighted by Crippen LogP contribution is 1.89. The number of hydrogen-bond acceptors (Lipinski definition) is 3. The highest BCUT2D eigenvalue weighted by atomic mass is 16.5. The summed E-state index contributed by atoms with van der Waals surface area (Å²) in [5.74, 6) is 0.992. The van der Waals surface area contributed by atoms with Crippen molar-refractivity contribution in [3.8, 4) is 0 Å². The number of methoxy groups -OCH3 is 1. The molecule has 0 radical (unpaired) electrons. The van der Waals surface area contributed by atoms with Crippen molar-refractivity contribution in [2.75, 3.05) is 20.3 Å². The van der Waals surface area contributed by atoms with Crippen molar-refractivity contribution >= 4 is 0 Å². The van der Waals surface area contributed by atoms with Crippen LogP contribution in [0.3, 0.4) is 0 Å². The monoisotopic (exact) mass is 183 g/mol. The lowest BCUT2D eigenvalue weighted by Crippen LogP contribution is -2.15. The minimum Gasteiger partial charge on any atom is -0.385 e. The summed E-state index contributed by atoms with van der Waals surface area (Å²) in [6, 6.07) is 0. The van der Waals surface area contributed by atoms with Crippen LogP contribution in [-0.2, 0) is 11.3 Å². The quantitative estimate of drug-likeness (QED) is 0.618. The average Bonchev–Trinajstić information content (AvgIpc) is 2.63. The maximum atomic E-state index is 4.95. The molecule has 4 nitrogen and oxygen atoms in total. The Morgan fingerprint density at radius 3 is 3.15 bits per heavy atom. The van der Waals surface area contributed by atoms with Crippen LogP contribution in [0, 0.1) is 0 Å². The largest absolute Gasteiger partial charge is 0.385 e. The SMILES string of the molecule is COCCCCNCc1ncc[nH]1. The summed E-state index contributed by atoms with van der Waals surface area (Å²) < 4.78 is 4.95. The molecule has 4 heteroatoms. The molecule has 13 heavy (non-hydrogen) atoms. The molecule has 0 amide bonds. The van der Waals surface area contributed by atoms with Crippen molar-refractivity contribution in [1.29, 1.82) is 0 Å². The Hall–Kier alpha value is -0.870. The van der Waals surface area contributed by atoms with Crippen LogP contribution in [0.4, 0.5) is 0 Å². The molecule has 0 spiro atoms. The van der Waals surface area contributed by atoms with Gasteiger partial charge in [-0.05, 0) is 19.4 Å². The van der Waals surface area contributed by atoms with Crippen molar-refractivity contribution in [1.82, 2.24) is 15.3 Å². The standard InChI is InChI=1S/C9H17N3O/c1-13-7-3-2-4-10-8-9-11-5-6-12-9/h5-6,10H,2-4,7-8H2,1H3,(H,11,12). The van der Waals surface area contributed by atoms with Crippen molar-refractivity contribution in [2.24, 2.45) is 0 Å². The molecule has 0 atom stereocenters. The van der Waals surface area contributed by atoms with E-state index in [-0.39, 0.29) is 0 Å². The minimum atomic E-state index is 0.819. The number of aromatic nitrogens is 2. The fourth-order valence-corrected chi connectivity index (χ4v) is 1.10. The molecule has 1 rings (SSSR count). The maximum Gasteiger partial charge on any atom is 0.120 e. The second-order valence-corrected chi connectivity index (χ2v) is 2.91. The van der Waals surface area contributed by atoms with Gasteiger partial charge in [-0.15, -0.1) is 0 Å². The van der Waals surface area contributed by atoms with Gasteiger partial charge in [0.15, 0.2) is 0 Å². The van der Waals surface area contributed by atoms with Gasteiger partial charge in [0.25, 0.3) is 0 Å². The number of imidazole rings is 1. The number of nitrogens with zero attached hydrogens (tertiary/aromatic N) is 1. The van der Waals surface area contributed by atoms with Gasteiger partial charge in [0, 0.05) is 26.1 Å². The molecule has 1 heterocycles. The number of hydrogen-bond donors (Lipinski definition) is 2. The molecule has 0 saturated carbocycles. The maximum absolute atomic E-state index is 4.95. The Labute approximate surface area is 78.7 Å². The molecule has 74 valence electrons. The number of ether oxygens (including phenoxy) is 1. The Morgan fingerprint density at radius 2 is 2.46 bits per heavy atom. The summed E-state index contributed by atoms with van der Waals surface area (Å²) >= 11 is 0. The van der Waals surface area contributed by atoms with Gasteiger partial charge in [0.05, 0.1) is 6.54 Å². The van der Waals surface area contributed by atoms with Gasteiger partial charge in [0.1, 0.15) is 5.82 Å². The van der Waals surface area contributed by atoms with E-state index in [0.29, 0.717) is 0 Å². The van der Waals surface area contributed by atoms with Gasteiger partial charge in [-0.1, -0.05) is 0 Å². The van der Waals surface area contributed by atoms with E-state index in [1.807, 2.05) is 6.20 Å². The first-order valence-corrected chi connectivity index (χ1v) is 4.61. The van der Waals surface area contributed by atoms with Gasteiger partial charge in [0.2, 0.25) is 0 Å². The molecule has 0 saturated heterocycles. The first kappa shape index (κ1) is 10.2. The molecule has 1 aromatic heterocycles. The topological polar surface area (TPSA) is 49.9 Å². The zero-order valence-corrected chi connectivity index (χ0v) is 8.05. The highest BCUT2D eigenvalue weighted by Gasteiger charge is 1.92. The Bertz CT molecular complexity index is 199. The lowest BCUT2D eigenvalue weighted by Gasteiger charge is -2.01. The third-order valence-corrected chi connectivity index (χ3v) is 1.80. The van der Waals surface area contributed by atoms with Gasteiger partial charge in [-0.3, -0.25) is 0 Å². The summed E-state index contributed by atoms with van der Waals surface area (Å²) in [7, 11) is 1.73. The lowest BCUT2D eigenvalue weighted by atomic mass is 10.3. The summed E-state index contributed by atoms with van der Waals surface area (Å²) in [6.07, 6.45) is 5.86. The van der Waals surface area contributed by atoms with Gasteiger partial charge in [-0.25, -0.2) is 4.98 Å². The van der Waals surface area contributed by atoms with E-state index in [2.05, 4.69) is 15.3 Å². The second kappa shape index (κ2) is 6.62. The molecule has 0 aromatic carbocycles. The number of rotatable bonds is 7. The van der Waals surface area contributed by atoms with E-state index < -0.39 is 0 Å². The fraction of sp³-hybridized carbons (Fsp3) is 0.667. The molecule has 0 aliphatic heterocycles. The smallest absolute Gasteiger partial charge is 0.120 e. The van der Waals surface area contributed by atoms with Gasteiger partial charge < -0.3 is 15.0 Å². The van der Waals surface area contributed by atoms with Gasteiger partial charge >= 0.3 is 0 Å². The Morgan fingerprint density at radius 1 is 1.54 bits per heavy atom. The van der Waals surface area contributed by atoms with E-state index >= 15 is 0 Å². The highest BCUT2D eigenvalue weighted by molar-refractivity contribution is 4.85. The molecule has 2 N–H and O–H groups in total. The zero-order chi connectivity index (χ0) is 9.36. The summed E-state index contributed by atoms with van der Waals surface area (Å²) in [4.78, 5) is 7.15. The molecule has 0 unspecified atom stereocenters. The van der Waals surface area contributed by atoms with Crippen LogP contribution in [0.25, 0.3) is 0 Å². The molecule has 0 aliphatic rings. The van der Waals surface area contributed by atoms with E-state index in [1.54, 1.807) is 13.3 Å². The van der Waals surface area contributed by atoms with Crippen LogP contribution in [0.5, 0.6) is 0 Å². The average molecular weight is 183 g/mol. The van der Waals surface area contributed by atoms with Crippen LogP contribution in [0.1, 0.15) is 18.7 Å². The number of H-pyrrole nitrogens is 1. The lowest BCUT2D eigenvalue weighted by molar-refractivity contribution is 0.192.